The second kappa shape index (κ2) is 4.41. The molecule has 0 unspecified atom stereocenters. The first-order valence-electron chi connectivity index (χ1n) is 3.57. The molecule has 6 heteroatoms. The van der Waals surface area contributed by atoms with E-state index < -0.39 is 6.43 Å². The summed E-state index contributed by atoms with van der Waals surface area (Å²) in [6.07, 6.45) is -0.471. The van der Waals surface area contributed by atoms with Crippen LogP contribution in [-0.4, -0.2) is 20.0 Å². The summed E-state index contributed by atoms with van der Waals surface area (Å²) in [5, 5.41) is 2.72. The van der Waals surface area contributed by atoms with Gasteiger partial charge in [0.15, 0.2) is 0 Å². The summed E-state index contributed by atoms with van der Waals surface area (Å²) in [5.41, 5.74) is -0.00753. The van der Waals surface area contributed by atoms with Crippen molar-refractivity contribution in [1.82, 2.24) is 5.23 Å². The average molecular weight is 204 g/mol. The molecule has 0 amide bonds. The van der Waals surface area contributed by atoms with Crippen molar-refractivity contribution in [3.8, 4) is 0 Å². The van der Waals surface area contributed by atoms with Crippen LogP contribution in [0.1, 0.15) is 6.42 Å². The molecule has 0 aliphatic heterocycles. The standard InChI is InChI=1S/C7H6BClF2NO/c9-5-2-1-4(7(10)11)6(5)12-8-3-13/h1,3,7,12H,2H2. The molecule has 0 spiro atoms. The normalized spacial score (nSPS) is 16.2. The molecular formula is C7H6BClF2NO. The van der Waals surface area contributed by atoms with Gasteiger partial charge in [0.2, 0.25) is 0 Å². The zero-order chi connectivity index (χ0) is 9.84. The fraction of sp³-hybridized carbons (Fsp3) is 0.286. The van der Waals surface area contributed by atoms with Crippen LogP contribution in [0.25, 0.3) is 0 Å². The van der Waals surface area contributed by atoms with Gasteiger partial charge in [-0.15, -0.1) is 0 Å². The fourth-order valence-corrected chi connectivity index (χ4v) is 1.28. The highest BCUT2D eigenvalue weighted by Gasteiger charge is 2.22. The van der Waals surface area contributed by atoms with Crippen molar-refractivity contribution in [1.29, 1.82) is 0 Å². The molecule has 69 valence electrons. The van der Waals surface area contributed by atoms with E-state index in [-0.39, 0.29) is 17.7 Å². The summed E-state index contributed by atoms with van der Waals surface area (Å²) in [5.74, 6) is 0. The van der Waals surface area contributed by atoms with Crippen LogP contribution in [0.2, 0.25) is 0 Å². The number of nitrogens with one attached hydrogen (secondary N) is 1. The summed E-state index contributed by atoms with van der Waals surface area (Å²) < 4.78 is 24.6. The topological polar surface area (TPSA) is 29.1 Å². The third-order valence-electron chi connectivity index (χ3n) is 1.59. The molecule has 1 rings (SSSR count). The summed E-state index contributed by atoms with van der Waals surface area (Å²) in [7, 11) is 1.03. The van der Waals surface area contributed by atoms with E-state index in [0.29, 0.717) is 11.2 Å². The molecule has 0 aromatic rings. The van der Waals surface area contributed by atoms with Gasteiger partial charge >= 0.3 is 7.41 Å². The first-order chi connectivity index (χ1) is 6.16. The van der Waals surface area contributed by atoms with Gasteiger partial charge in [-0.05, 0) is 0 Å². The lowest BCUT2D eigenvalue weighted by Crippen LogP contribution is -2.22. The monoisotopic (exact) mass is 204 g/mol. The predicted molar refractivity (Wildman–Crippen MR) is 47.2 cm³/mol. The number of carbonyl (C=O) groups is 1. The van der Waals surface area contributed by atoms with E-state index in [9.17, 15) is 13.6 Å². The fourth-order valence-electron chi connectivity index (χ4n) is 1.04. The maximum Gasteiger partial charge on any atom is 0.326 e. The number of rotatable bonds is 4. The molecule has 0 aromatic carbocycles. The molecule has 0 saturated carbocycles. The summed E-state index contributed by atoms with van der Waals surface area (Å²) in [6, 6.07) is 0. The highest BCUT2D eigenvalue weighted by atomic mass is 35.5. The highest BCUT2D eigenvalue weighted by molar-refractivity contribution is 6.65. The van der Waals surface area contributed by atoms with Crippen LogP contribution in [0.3, 0.4) is 0 Å². The molecule has 2 nitrogen and oxygen atoms in total. The molecular weight excluding hydrogens is 198 g/mol. The van der Waals surface area contributed by atoms with E-state index in [4.69, 9.17) is 11.6 Å². The van der Waals surface area contributed by atoms with Crippen LogP contribution in [0, 0.1) is 0 Å². The Kier molecular flexibility index (Phi) is 3.48. The van der Waals surface area contributed by atoms with E-state index in [1.54, 1.807) is 0 Å². The summed E-state index contributed by atoms with van der Waals surface area (Å²) in [4.78, 5) is 9.95. The molecule has 0 aromatic heterocycles. The van der Waals surface area contributed by atoms with Crippen LogP contribution in [0.4, 0.5) is 8.78 Å². The molecule has 0 fully saturated rings. The van der Waals surface area contributed by atoms with E-state index in [2.05, 4.69) is 5.23 Å². The summed E-state index contributed by atoms with van der Waals surface area (Å²) >= 11 is 5.65. The minimum absolute atomic E-state index is 0.142. The van der Waals surface area contributed by atoms with Gasteiger partial charge in [0.25, 0.3) is 6.43 Å². The third-order valence-corrected chi connectivity index (χ3v) is 1.94. The van der Waals surface area contributed by atoms with Crippen molar-refractivity contribution in [2.24, 2.45) is 0 Å². The summed E-state index contributed by atoms with van der Waals surface area (Å²) in [6.45, 7) is 0. The number of carbonyl (C=O) groups excluding carboxylic acids is 1. The average Bonchev–Trinajstić information content (AvgIpc) is 2.43. The lowest BCUT2D eigenvalue weighted by molar-refractivity contribution is 0.192. The van der Waals surface area contributed by atoms with Crippen LogP contribution >= 0.6 is 11.6 Å². The lowest BCUT2D eigenvalue weighted by Gasteiger charge is -2.08. The molecule has 0 heterocycles. The predicted octanol–water partition coefficient (Wildman–Crippen LogP) is 1.43. The lowest BCUT2D eigenvalue weighted by atomic mass is 9.97. The first-order valence-corrected chi connectivity index (χ1v) is 3.95. The molecule has 0 atom stereocenters. The van der Waals surface area contributed by atoms with Crippen LogP contribution in [0.5, 0.6) is 0 Å². The molecule has 1 aliphatic rings. The highest BCUT2D eigenvalue weighted by Crippen LogP contribution is 2.30. The Morgan fingerprint density at radius 3 is 2.92 bits per heavy atom. The zero-order valence-electron chi connectivity index (χ0n) is 6.56. The van der Waals surface area contributed by atoms with Crippen LogP contribution in [0.15, 0.2) is 22.4 Å². The van der Waals surface area contributed by atoms with Gasteiger partial charge in [-0.1, -0.05) is 17.7 Å². The molecule has 1 N–H and O–H groups in total. The van der Waals surface area contributed by atoms with Gasteiger partial charge in [-0.2, -0.15) is 0 Å². The molecule has 0 saturated heterocycles. The number of alkyl halides is 2. The van der Waals surface area contributed by atoms with Gasteiger partial charge in [0, 0.05) is 22.7 Å². The van der Waals surface area contributed by atoms with Gasteiger partial charge in [-0.3, -0.25) is 0 Å². The smallest absolute Gasteiger partial charge is 0.326 e. The minimum atomic E-state index is -2.57. The van der Waals surface area contributed by atoms with E-state index in [1.165, 1.54) is 6.08 Å². The largest absolute Gasteiger partial charge is 0.424 e. The molecule has 0 bridgehead atoms. The maximum absolute atomic E-state index is 12.3. The SMILES string of the molecule is O=C[B]NC1=C(Cl)CC=C1C(F)F. The molecule has 1 radical (unpaired) electrons. The van der Waals surface area contributed by atoms with Crippen molar-refractivity contribution in [3.05, 3.63) is 22.4 Å². The Morgan fingerprint density at radius 1 is 1.69 bits per heavy atom. The second-order valence-corrected chi connectivity index (χ2v) is 2.85. The van der Waals surface area contributed by atoms with Crippen LogP contribution < -0.4 is 5.23 Å². The number of hydrogen-bond donors (Lipinski definition) is 1. The number of hydrogen-bond acceptors (Lipinski definition) is 2. The number of allylic oxidation sites excluding steroid dienone is 3. The third kappa shape index (κ3) is 2.31. The van der Waals surface area contributed by atoms with Crippen molar-refractivity contribution in [2.75, 3.05) is 0 Å². The van der Waals surface area contributed by atoms with E-state index in [0.717, 1.165) is 7.41 Å². The van der Waals surface area contributed by atoms with Crippen molar-refractivity contribution >= 4 is 25.2 Å². The molecule has 1 aliphatic carbocycles. The van der Waals surface area contributed by atoms with Gasteiger partial charge in [-0.25, -0.2) is 8.78 Å². The van der Waals surface area contributed by atoms with Crippen LogP contribution in [-0.2, 0) is 4.79 Å². The van der Waals surface area contributed by atoms with Crippen molar-refractivity contribution in [2.45, 2.75) is 12.8 Å². The van der Waals surface area contributed by atoms with Gasteiger partial charge in [0.1, 0.15) is 6.19 Å². The second-order valence-electron chi connectivity index (χ2n) is 2.39. The zero-order valence-corrected chi connectivity index (χ0v) is 7.31. The maximum atomic E-state index is 12.3. The quantitative estimate of drug-likeness (QED) is 0.554. The van der Waals surface area contributed by atoms with Crippen molar-refractivity contribution < 1.29 is 13.6 Å². The Morgan fingerprint density at radius 2 is 2.38 bits per heavy atom. The van der Waals surface area contributed by atoms with Gasteiger partial charge in [0.05, 0.1) is 0 Å². The minimum Gasteiger partial charge on any atom is -0.424 e. The number of halogens is 3. The molecule has 13 heavy (non-hydrogen) atoms. The van der Waals surface area contributed by atoms with Gasteiger partial charge < -0.3 is 10.0 Å². The Bertz CT molecular complexity index is 278. The Labute approximate surface area is 79.9 Å². The Hall–Kier alpha value is -0.835. The van der Waals surface area contributed by atoms with Crippen molar-refractivity contribution in [3.63, 3.8) is 0 Å². The van der Waals surface area contributed by atoms with E-state index >= 15 is 0 Å². The van der Waals surface area contributed by atoms with E-state index in [1.807, 2.05) is 0 Å². The first kappa shape index (κ1) is 10.2. The Balaban J connectivity index is 2.72.